The molecule has 0 saturated carbocycles. The third kappa shape index (κ3) is 1.82. The fourth-order valence-electron chi connectivity index (χ4n) is 2.52. The first-order valence-electron chi connectivity index (χ1n) is 6.10. The maximum absolute atomic E-state index is 12.8. The molecule has 0 fully saturated rings. The van der Waals surface area contributed by atoms with Gasteiger partial charge in [-0.05, 0) is 18.1 Å². The summed E-state index contributed by atoms with van der Waals surface area (Å²) >= 11 is 0. The third-order valence-electron chi connectivity index (χ3n) is 3.39. The number of alkyl halides is 3. The lowest BCUT2D eigenvalue weighted by Crippen LogP contribution is -2.12. The van der Waals surface area contributed by atoms with Crippen LogP contribution in [0.2, 0.25) is 0 Å². The molecule has 0 bridgehead atoms. The predicted molar refractivity (Wildman–Crippen MR) is 66.6 cm³/mol. The van der Waals surface area contributed by atoms with Crippen LogP contribution in [-0.4, -0.2) is 22.3 Å². The van der Waals surface area contributed by atoms with Crippen LogP contribution in [-0.2, 0) is 19.1 Å². The molecule has 2 aromatic heterocycles. The van der Waals surface area contributed by atoms with Gasteiger partial charge in [-0.15, -0.1) is 0 Å². The van der Waals surface area contributed by atoms with E-state index in [2.05, 4.69) is 9.98 Å². The van der Waals surface area contributed by atoms with Crippen LogP contribution in [0, 0.1) is 0 Å². The Morgan fingerprint density at radius 2 is 2.16 bits per heavy atom. The Morgan fingerprint density at radius 3 is 2.84 bits per heavy atom. The van der Waals surface area contributed by atoms with E-state index in [0.29, 0.717) is 30.5 Å². The summed E-state index contributed by atoms with van der Waals surface area (Å²) in [5.74, 6) is 0. The molecule has 0 radical (unpaired) electrons. The van der Waals surface area contributed by atoms with Gasteiger partial charge in [-0.2, -0.15) is 13.2 Å². The summed E-state index contributed by atoms with van der Waals surface area (Å²) in [6.45, 7) is 3.24. The number of pyridine rings is 1. The van der Waals surface area contributed by atoms with Crippen molar-refractivity contribution in [2.45, 2.75) is 26.1 Å². The van der Waals surface area contributed by atoms with Gasteiger partial charge in [0, 0.05) is 24.3 Å². The van der Waals surface area contributed by atoms with Crippen molar-refractivity contribution in [3.63, 3.8) is 0 Å². The van der Waals surface area contributed by atoms with Crippen LogP contribution in [0.1, 0.15) is 23.7 Å². The minimum absolute atomic E-state index is 0.584. The van der Waals surface area contributed by atoms with E-state index < -0.39 is 11.7 Å². The number of hydrogen-bond acceptors (Lipinski definition) is 2. The van der Waals surface area contributed by atoms with Crippen molar-refractivity contribution in [3.05, 3.63) is 29.1 Å². The van der Waals surface area contributed by atoms with Crippen LogP contribution in [0.4, 0.5) is 13.2 Å². The summed E-state index contributed by atoms with van der Waals surface area (Å²) < 4.78 is 40.2. The van der Waals surface area contributed by atoms with E-state index in [9.17, 15) is 13.2 Å². The van der Waals surface area contributed by atoms with Crippen LogP contribution in [0.5, 0.6) is 0 Å². The average Bonchev–Trinajstić information content (AvgIpc) is 2.70. The summed E-state index contributed by atoms with van der Waals surface area (Å²) in [7, 11) is 0. The number of rotatable bonds is 1. The molecule has 0 unspecified atom stereocenters. The van der Waals surface area contributed by atoms with Crippen molar-refractivity contribution in [1.82, 2.24) is 9.55 Å². The molecule has 3 nitrogen and oxygen atoms in total. The largest absolute Gasteiger partial charge is 0.417 e. The van der Waals surface area contributed by atoms with Crippen molar-refractivity contribution in [1.29, 1.82) is 0 Å². The number of hydrogen-bond donors (Lipinski definition) is 0. The van der Waals surface area contributed by atoms with Gasteiger partial charge in [-0.25, -0.2) is 4.98 Å². The van der Waals surface area contributed by atoms with E-state index in [0.717, 1.165) is 17.5 Å². The van der Waals surface area contributed by atoms with Crippen LogP contribution in [0.25, 0.3) is 11.0 Å². The van der Waals surface area contributed by atoms with Gasteiger partial charge in [0.25, 0.3) is 0 Å². The molecule has 1 aliphatic rings. The maximum atomic E-state index is 12.8. The van der Waals surface area contributed by atoms with Crippen LogP contribution >= 0.6 is 0 Å². The maximum Gasteiger partial charge on any atom is 0.417 e. The smallest absolute Gasteiger partial charge is 0.322 e. The Hall–Kier alpha value is -1.85. The highest BCUT2D eigenvalue weighted by Crippen LogP contribution is 2.33. The summed E-state index contributed by atoms with van der Waals surface area (Å²) in [5, 5.41) is 0.584. The molecule has 0 aliphatic carbocycles. The van der Waals surface area contributed by atoms with E-state index in [1.807, 2.05) is 11.5 Å². The number of aliphatic imine (C=N–C) groups is 1. The lowest BCUT2D eigenvalue weighted by molar-refractivity contribution is -0.137. The molecule has 0 aromatic carbocycles. The van der Waals surface area contributed by atoms with Gasteiger partial charge < -0.3 is 4.57 Å². The molecule has 100 valence electrons. The van der Waals surface area contributed by atoms with Crippen molar-refractivity contribution in [2.75, 3.05) is 6.54 Å². The van der Waals surface area contributed by atoms with Gasteiger partial charge >= 0.3 is 6.18 Å². The summed E-state index contributed by atoms with van der Waals surface area (Å²) in [5.41, 5.74) is 1.69. The first kappa shape index (κ1) is 12.2. The summed E-state index contributed by atoms with van der Waals surface area (Å²) in [6.07, 6.45) is -1.06. The third-order valence-corrected chi connectivity index (χ3v) is 3.39. The second-order valence-electron chi connectivity index (χ2n) is 4.50. The number of fused-ring (bicyclic) bond motifs is 3. The molecular formula is C13H12F3N3. The Morgan fingerprint density at radius 1 is 1.37 bits per heavy atom. The molecule has 0 spiro atoms. The van der Waals surface area contributed by atoms with Crippen molar-refractivity contribution >= 4 is 17.2 Å². The minimum Gasteiger partial charge on any atom is -0.322 e. The van der Waals surface area contributed by atoms with Crippen molar-refractivity contribution < 1.29 is 13.2 Å². The predicted octanol–water partition coefficient (Wildman–Crippen LogP) is 3.05. The van der Waals surface area contributed by atoms with E-state index >= 15 is 0 Å². The normalized spacial score (nSPS) is 14.9. The average molecular weight is 267 g/mol. The first-order chi connectivity index (χ1) is 9.02. The van der Waals surface area contributed by atoms with Gasteiger partial charge in [0.15, 0.2) is 0 Å². The van der Waals surface area contributed by atoms with Gasteiger partial charge in [-0.1, -0.05) is 6.92 Å². The topological polar surface area (TPSA) is 30.2 Å². The number of aromatic nitrogens is 2. The van der Waals surface area contributed by atoms with Crippen LogP contribution in [0.15, 0.2) is 17.3 Å². The van der Waals surface area contributed by atoms with E-state index in [1.54, 1.807) is 6.21 Å². The molecule has 1 aliphatic heterocycles. The second-order valence-corrected chi connectivity index (χ2v) is 4.50. The molecule has 6 heteroatoms. The standard InChI is InChI=1S/C13H12F3N3/c1-2-9-10-5-8(13(14,15)16)6-18-12(10)19-4-3-17-7-11(9)19/h5-7H,2-4H2,1H3. The molecule has 0 atom stereocenters. The zero-order chi connectivity index (χ0) is 13.6. The highest BCUT2D eigenvalue weighted by Gasteiger charge is 2.32. The molecule has 19 heavy (non-hydrogen) atoms. The highest BCUT2D eigenvalue weighted by atomic mass is 19.4. The fourth-order valence-corrected chi connectivity index (χ4v) is 2.52. The molecule has 2 aromatic rings. The number of halogens is 3. The monoisotopic (exact) mass is 267 g/mol. The number of aryl methyl sites for hydroxylation is 1. The minimum atomic E-state index is -4.36. The van der Waals surface area contributed by atoms with Gasteiger partial charge in [-0.3, -0.25) is 4.99 Å². The van der Waals surface area contributed by atoms with Crippen molar-refractivity contribution in [2.24, 2.45) is 4.99 Å². The van der Waals surface area contributed by atoms with Gasteiger partial charge in [0.2, 0.25) is 0 Å². The van der Waals surface area contributed by atoms with Gasteiger partial charge in [0.05, 0.1) is 17.8 Å². The quantitative estimate of drug-likeness (QED) is 0.781. The Bertz CT molecular complexity index is 668. The lowest BCUT2D eigenvalue weighted by Gasteiger charge is -2.10. The zero-order valence-electron chi connectivity index (χ0n) is 10.3. The van der Waals surface area contributed by atoms with E-state index in [4.69, 9.17) is 0 Å². The SMILES string of the molecule is CCc1c2n(c3ncc(C(F)(F)F)cc13)CCN=C2. The Balaban J connectivity index is 2.32. The van der Waals surface area contributed by atoms with E-state index in [-0.39, 0.29) is 0 Å². The van der Waals surface area contributed by atoms with Crippen molar-refractivity contribution in [3.8, 4) is 0 Å². The summed E-state index contributed by atoms with van der Waals surface area (Å²) in [6, 6.07) is 1.19. The van der Waals surface area contributed by atoms with Crippen LogP contribution < -0.4 is 0 Å². The second kappa shape index (κ2) is 4.08. The first-order valence-corrected chi connectivity index (χ1v) is 6.10. The molecule has 3 heterocycles. The Labute approximate surface area is 107 Å². The number of nitrogens with zero attached hydrogens (tertiary/aromatic N) is 3. The lowest BCUT2D eigenvalue weighted by atomic mass is 10.1. The van der Waals surface area contributed by atoms with Gasteiger partial charge in [0.1, 0.15) is 5.65 Å². The van der Waals surface area contributed by atoms with Crippen LogP contribution in [0.3, 0.4) is 0 Å². The zero-order valence-corrected chi connectivity index (χ0v) is 10.3. The Kier molecular flexibility index (Phi) is 2.62. The molecule has 0 N–H and O–H groups in total. The highest BCUT2D eigenvalue weighted by molar-refractivity contribution is 5.93. The van der Waals surface area contributed by atoms with E-state index in [1.165, 1.54) is 6.07 Å². The fraction of sp³-hybridized carbons (Fsp3) is 0.385. The molecule has 0 amide bonds. The molecule has 0 saturated heterocycles. The molecular weight excluding hydrogens is 255 g/mol. The molecule has 3 rings (SSSR count). The summed E-state index contributed by atoms with van der Waals surface area (Å²) in [4.78, 5) is 8.21.